The summed E-state index contributed by atoms with van der Waals surface area (Å²) in [6.07, 6.45) is 10.0. The molecule has 1 aromatic rings. The minimum absolute atomic E-state index is 0. The van der Waals surface area contributed by atoms with Crippen molar-refractivity contribution in [1.82, 2.24) is 15.1 Å². The number of unbranched alkanes of at least 4 members (excludes halogenated alkanes) is 1. The lowest BCUT2D eigenvalue weighted by Crippen LogP contribution is -2.19. The second kappa shape index (κ2) is 10.3. The van der Waals surface area contributed by atoms with Crippen molar-refractivity contribution in [2.75, 3.05) is 13.2 Å². The lowest BCUT2D eigenvalue weighted by molar-refractivity contribution is -0.143. The number of ether oxygens (including phenoxy) is 1. The maximum absolute atomic E-state index is 11.2. The van der Waals surface area contributed by atoms with Gasteiger partial charge in [0.15, 0.2) is 0 Å². The zero-order valence-corrected chi connectivity index (χ0v) is 14.0. The number of nitrogens with zero attached hydrogens (tertiary/aromatic N) is 2. The van der Waals surface area contributed by atoms with Crippen molar-refractivity contribution in [3.63, 3.8) is 0 Å². The van der Waals surface area contributed by atoms with Crippen LogP contribution in [0.5, 0.6) is 0 Å². The molecule has 0 aliphatic carbocycles. The molecule has 1 fully saturated rings. The van der Waals surface area contributed by atoms with Crippen LogP contribution in [0.1, 0.15) is 51.1 Å². The second-order valence-corrected chi connectivity index (χ2v) is 5.32. The maximum atomic E-state index is 11.2. The third-order valence-electron chi connectivity index (χ3n) is 3.53. The molecule has 2 heterocycles. The Morgan fingerprint density at radius 3 is 3.05 bits per heavy atom. The van der Waals surface area contributed by atoms with Crippen molar-refractivity contribution in [1.29, 1.82) is 0 Å². The van der Waals surface area contributed by atoms with Gasteiger partial charge in [0.2, 0.25) is 0 Å². The quantitative estimate of drug-likeness (QED) is 0.617. The van der Waals surface area contributed by atoms with Gasteiger partial charge in [0.05, 0.1) is 12.3 Å². The smallest absolute Gasteiger partial charge is 0.305 e. The predicted molar refractivity (Wildman–Crippen MR) is 89.8 cm³/mol. The molecule has 22 heavy (non-hydrogen) atoms. The van der Waals surface area contributed by atoms with Crippen molar-refractivity contribution in [2.24, 2.45) is 0 Å². The normalized spacial score (nSPS) is 16.0. The number of hydrogen-bond acceptors (Lipinski definition) is 4. The summed E-state index contributed by atoms with van der Waals surface area (Å²) in [7, 11) is 0. The van der Waals surface area contributed by atoms with E-state index in [1.54, 1.807) is 0 Å². The van der Waals surface area contributed by atoms with E-state index in [4.69, 9.17) is 4.74 Å². The molecule has 0 unspecified atom stereocenters. The molecular weight excluding hydrogens is 302 g/mol. The maximum Gasteiger partial charge on any atom is 0.305 e. The molecule has 2 rings (SSSR count). The van der Waals surface area contributed by atoms with E-state index in [-0.39, 0.29) is 18.4 Å². The summed E-state index contributed by atoms with van der Waals surface area (Å²) in [5, 5.41) is 7.96. The molecule has 0 bridgehead atoms. The number of nitrogens with one attached hydrogen (secondary N) is 1. The fraction of sp³-hybridized carbons (Fsp3) is 0.625. The van der Waals surface area contributed by atoms with Gasteiger partial charge in [0.25, 0.3) is 0 Å². The van der Waals surface area contributed by atoms with E-state index >= 15 is 0 Å². The lowest BCUT2D eigenvalue weighted by Gasteiger charge is -2.15. The summed E-state index contributed by atoms with van der Waals surface area (Å²) in [6.45, 7) is 4.21. The number of carbonyl (C=O) groups is 1. The molecule has 1 aromatic heterocycles. The first-order chi connectivity index (χ1) is 10.3. The van der Waals surface area contributed by atoms with E-state index in [9.17, 15) is 4.79 Å². The molecule has 1 aliphatic heterocycles. The molecule has 0 saturated carbocycles. The summed E-state index contributed by atoms with van der Waals surface area (Å²) in [4.78, 5) is 11.2. The Bertz CT molecular complexity index is 477. The third-order valence-corrected chi connectivity index (χ3v) is 3.53. The molecule has 5 nitrogen and oxygen atoms in total. The minimum Gasteiger partial charge on any atom is -0.466 e. The van der Waals surface area contributed by atoms with Gasteiger partial charge in [-0.3, -0.25) is 9.48 Å². The van der Waals surface area contributed by atoms with Gasteiger partial charge in [-0.2, -0.15) is 5.10 Å². The van der Waals surface area contributed by atoms with E-state index in [0.29, 0.717) is 13.0 Å². The SMILES string of the molecule is CCOC(=O)CCCCn1ccc(C=C2CCCCN2)n1.Cl. The highest BCUT2D eigenvalue weighted by molar-refractivity contribution is 5.85. The van der Waals surface area contributed by atoms with E-state index in [0.717, 1.165) is 38.0 Å². The molecular formula is C16H26ClN3O2. The van der Waals surface area contributed by atoms with Crippen molar-refractivity contribution in [3.8, 4) is 0 Å². The van der Waals surface area contributed by atoms with Gasteiger partial charge in [-0.25, -0.2) is 0 Å². The molecule has 6 heteroatoms. The highest BCUT2D eigenvalue weighted by atomic mass is 35.5. The number of piperidine rings is 1. The van der Waals surface area contributed by atoms with Crippen molar-refractivity contribution < 1.29 is 9.53 Å². The topological polar surface area (TPSA) is 56.1 Å². The van der Waals surface area contributed by atoms with Crippen molar-refractivity contribution in [3.05, 3.63) is 23.7 Å². The Labute approximate surface area is 138 Å². The Morgan fingerprint density at radius 2 is 2.32 bits per heavy atom. The monoisotopic (exact) mass is 327 g/mol. The van der Waals surface area contributed by atoms with Gasteiger partial charge in [-0.1, -0.05) is 0 Å². The Balaban J connectivity index is 0.00000242. The molecule has 0 radical (unpaired) electrons. The van der Waals surface area contributed by atoms with Gasteiger partial charge in [-0.15, -0.1) is 12.4 Å². The highest BCUT2D eigenvalue weighted by Crippen LogP contribution is 2.13. The van der Waals surface area contributed by atoms with Crippen LogP contribution in [-0.4, -0.2) is 28.9 Å². The summed E-state index contributed by atoms with van der Waals surface area (Å²) >= 11 is 0. The van der Waals surface area contributed by atoms with Crippen molar-refractivity contribution in [2.45, 2.75) is 52.0 Å². The summed E-state index contributed by atoms with van der Waals surface area (Å²) in [5.74, 6) is -0.105. The summed E-state index contributed by atoms with van der Waals surface area (Å²) in [6, 6.07) is 2.04. The zero-order valence-electron chi connectivity index (χ0n) is 13.2. The average Bonchev–Trinajstić information content (AvgIpc) is 2.92. The van der Waals surface area contributed by atoms with E-state index in [1.165, 1.54) is 18.5 Å². The molecule has 0 atom stereocenters. The molecule has 124 valence electrons. The number of halogens is 1. The number of rotatable bonds is 7. The fourth-order valence-electron chi connectivity index (χ4n) is 2.43. The summed E-state index contributed by atoms with van der Waals surface area (Å²) in [5.41, 5.74) is 2.29. The van der Waals surface area contributed by atoms with E-state index in [2.05, 4.69) is 16.5 Å². The Kier molecular flexibility index (Phi) is 8.67. The van der Waals surface area contributed by atoms with Crippen molar-refractivity contribution >= 4 is 24.5 Å². The molecule has 1 saturated heterocycles. The van der Waals surface area contributed by atoms with Crippen LogP contribution in [0, 0.1) is 0 Å². The largest absolute Gasteiger partial charge is 0.466 e. The molecule has 1 aliphatic rings. The van der Waals surface area contributed by atoms with Gasteiger partial charge in [0, 0.05) is 31.4 Å². The lowest BCUT2D eigenvalue weighted by atomic mass is 10.1. The number of allylic oxidation sites excluding steroid dienone is 1. The Morgan fingerprint density at radius 1 is 1.45 bits per heavy atom. The van der Waals surface area contributed by atoms with Crippen LogP contribution in [0.2, 0.25) is 0 Å². The second-order valence-electron chi connectivity index (χ2n) is 5.32. The van der Waals surface area contributed by atoms with Crippen LogP contribution in [0.25, 0.3) is 6.08 Å². The number of aromatic nitrogens is 2. The fourth-order valence-corrected chi connectivity index (χ4v) is 2.43. The van der Waals surface area contributed by atoms with Crippen LogP contribution >= 0.6 is 12.4 Å². The molecule has 0 spiro atoms. The number of hydrogen-bond donors (Lipinski definition) is 1. The first-order valence-electron chi connectivity index (χ1n) is 7.91. The van der Waals surface area contributed by atoms with Gasteiger partial charge < -0.3 is 10.1 Å². The highest BCUT2D eigenvalue weighted by Gasteiger charge is 2.05. The van der Waals surface area contributed by atoms with Gasteiger partial charge in [0.1, 0.15) is 0 Å². The third kappa shape index (κ3) is 6.52. The van der Waals surface area contributed by atoms with Gasteiger partial charge >= 0.3 is 5.97 Å². The van der Waals surface area contributed by atoms with Crippen LogP contribution in [0.4, 0.5) is 0 Å². The number of carbonyl (C=O) groups excluding carboxylic acids is 1. The summed E-state index contributed by atoms with van der Waals surface area (Å²) < 4.78 is 6.85. The first-order valence-corrected chi connectivity index (χ1v) is 7.91. The zero-order chi connectivity index (χ0) is 14.9. The van der Waals surface area contributed by atoms with Crippen LogP contribution in [-0.2, 0) is 16.1 Å². The average molecular weight is 328 g/mol. The van der Waals surface area contributed by atoms with E-state index < -0.39 is 0 Å². The van der Waals surface area contributed by atoms with Crippen LogP contribution in [0.3, 0.4) is 0 Å². The van der Waals surface area contributed by atoms with E-state index in [1.807, 2.05) is 23.9 Å². The molecule has 0 aromatic carbocycles. The number of aryl methyl sites for hydroxylation is 1. The predicted octanol–water partition coefficient (Wildman–Crippen LogP) is 3.15. The molecule has 1 N–H and O–H groups in total. The first kappa shape index (κ1) is 18.6. The van der Waals surface area contributed by atoms with Gasteiger partial charge in [-0.05, 0) is 51.2 Å². The Hall–Kier alpha value is -1.49. The van der Waals surface area contributed by atoms with Crippen LogP contribution in [0.15, 0.2) is 18.0 Å². The standard InChI is InChI=1S/C16H25N3O2.ClH/c1-2-21-16(20)8-4-6-11-19-12-9-15(18-19)13-14-7-3-5-10-17-14;/h9,12-13,17H,2-8,10-11H2,1H3;1H. The molecule has 0 amide bonds. The minimum atomic E-state index is -0.105. The van der Waals surface area contributed by atoms with Crippen LogP contribution < -0.4 is 5.32 Å². The number of esters is 1.